The lowest BCUT2D eigenvalue weighted by molar-refractivity contribution is 0.528. The summed E-state index contributed by atoms with van der Waals surface area (Å²) in [6.07, 6.45) is 0. The molecule has 3 heteroatoms. The molecule has 0 aliphatic carbocycles. The third-order valence-electron chi connectivity index (χ3n) is 2.87. The van der Waals surface area contributed by atoms with E-state index in [9.17, 15) is 4.39 Å². The van der Waals surface area contributed by atoms with E-state index in [2.05, 4.69) is 27.3 Å². The van der Waals surface area contributed by atoms with Crippen molar-refractivity contribution < 1.29 is 4.39 Å². The van der Waals surface area contributed by atoms with Crippen LogP contribution >= 0.6 is 15.9 Å². The van der Waals surface area contributed by atoms with E-state index in [0.717, 1.165) is 11.0 Å². The van der Waals surface area contributed by atoms with Crippen LogP contribution < -0.4 is 5.32 Å². The first-order chi connectivity index (χ1) is 8.66. The maximum absolute atomic E-state index is 13.6. The first-order valence-electron chi connectivity index (χ1n) is 5.89. The van der Waals surface area contributed by atoms with Crippen LogP contribution in [0.3, 0.4) is 0 Å². The van der Waals surface area contributed by atoms with Gasteiger partial charge >= 0.3 is 0 Å². The van der Waals surface area contributed by atoms with Crippen LogP contribution in [-0.2, 0) is 6.54 Å². The highest BCUT2D eigenvalue weighted by atomic mass is 79.9. The van der Waals surface area contributed by atoms with Crippen LogP contribution in [0.15, 0.2) is 53.0 Å². The second-order valence-corrected chi connectivity index (χ2v) is 5.17. The molecule has 2 aromatic rings. The van der Waals surface area contributed by atoms with E-state index in [1.54, 1.807) is 6.07 Å². The minimum atomic E-state index is -0.160. The molecule has 1 nitrogen and oxygen atoms in total. The molecule has 0 amide bonds. The summed E-state index contributed by atoms with van der Waals surface area (Å²) in [7, 11) is 0. The van der Waals surface area contributed by atoms with Crippen molar-refractivity contribution in [3.63, 3.8) is 0 Å². The monoisotopic (exact) mass is 307 g/mol. The van der Waals surface area contributed by atoms with Crippen molar-refractivity contribution in [2.45, 2.75) is 19.5 Å². The van der Waals surface area contributed by atoms with Gasteiger partial charge in [-0.25, -0.2) is 4.39 Å². The number of benzene rings is 2. The molecule has 2 aromatic carbocycles. The van der Waals surface area contributed by atoms with Crippen molar-refractivity contribution in [2.24, 2.45) is 0 Å². The highest BCUT2D eigenvalue weighted by Crippen LogP contribution is 2.17. The quantitative estimate of drug-likeness (QED) is 0.880. The fourth-order valence-corrected chi connectivity index (χ4v) is 2.30. The summed E-state index contributed by atoms with van der Waals surface area (Å²) in [6, 6.07) is 15.0. The first kappa shape index (κ1) is 13.2. The Morgan fingerprint density at radius 1 is 1.17 bits per heavy atom. The van der Waals surface area contributed by atoms with Crippen LogP contribution in [0.25, 0.3) is 0 Å². The molecule has 2 rings (SSSR count). The Hall–Kier alpha value is -1.19. The SMILES string of the molecule is C[C@@H](NCc1cccc(Br)c1)c1ccccc1F. The Morgan fingerprint density at radius 3 is 2.67 bits per heavy atom. The molecule has 0 radical (unpaired) electrons. The maximum Gasteiger partial charge on any atom is 0.127 e. The van der Waals surface area contributed by atoms with Gasteiger partial charge in [-0.1, -0.05) is 46.3 Å². The van der Waals surface area contributed by atoms with Gasteiger partial charge in [0, 0.05) is 22.6 Å². The van der Waals surface area contributed by atoms with E-state index < -0.39 is 0 Å². The van der Waals surface area contributed by atoms with Gasteiger partial charge in [-0.15, -0.1) is 0 Å². The standard InChI is InChI=1S/C15H15BrFN/c1-11(14-7-2-3-8-15(14)17)18-10-12-5-4-6-13(16)9-12/h2-9,11,18H,10H2,1H3/t11-/m1/s1. The summed E-state index contributed by atoms with van der Waals surface area (Å²) in [4.78, 5) is 0. The van der Waals surface area contributed by atoms with Crippen LogP contribution in [0.5, 0.6) is 0 Å². The molecule has 0 aliphatic heterocycles. The second kappa shape index (κ2) is 6.12. The molecule has 0 heterocycles. The molecule has 0 unspecified atom stereocenters. The normalized spacial score (nSPS) is 12.4. The van der Waals surface area contributed by atoms with Gasteiger partial charge in [-0.3, -0.25) is 0 Å². The van der Waals surface area contributed by atoms with Crippen LogP contribution in [0.4, 0.5) is 4.39 Å². The molecule has 0 aromatic heterocycles. The minimum absolute atomic E-state index is 0.00909. The fourth-order valence-electron chi connectivity index (χ4n) is 1.85. The predicted molar refractivity (Wildman–Crippen MR) is 75.8 cm³/mol. The molecule has 0 spiro atoms. The molecule has 0 saturated carbocycles. The topological polar surface area (TPSA) is 12.0 Å². The Labute approximate surface area is 115 Å². The van der Waals surface area contributed by atoms with Crippen molar-refractivity contribution in [3.05, 3.63) is 69.9 Å². The van der Waals surface area contributed by atoms with Gasteiger partial charge in [-0.05, 0) is 30.7 Å². The fraction of sp³-hybridized carbons (Fsp3) is 0.200. The molecule has 1 N–H and O–H groups in total. The molecule has 0 fully saturated rings. The summed E-state index contributed by atoms with van der Waals surface area (Å²) in [6.45, 7) is 2.69. The zero-order valence-electron chi connectivity index (χ0n) is 10.2. The van der Waals surface area contributed by atoms with Gasteiger partial charge in [0.2, 0.25) is 0 Å². The summed E-state index contributed by atoms with van der Waals surface area (Å²) >= 11 is 3.44. The molecule has 1 atom stereocenters. The van der Waals surface area contributed by atoms with Gasteiger partial charge in [0.15, 0.2) is 0 Å². The molecule has 18 heavy (non-hydrogen) atoms. The third kappa shape index (κ3) is 3.40. The number of hydrogen-bond acceptors (Lipinski definition) is 1. The van der Waals surface area contributed by atoms with Crippen LogP contribution in [0.2, 0.25) is 0 Å². The molecular weight excluding hydrogens is 293 g/mol. The van der Waals surface area contributed by atoms with E-state index in [4.69, 9.17) is 0 Å². The number of halogens is 2. The van der Waals surface area contributed by atoms with Crippen molar-refractivity contribution >= 4 is 15.9 Å². The summed E-state index contributed by atoms with van der Waals surface area (Å²) in [5.74, 6) is -0.160. The van der Waals surface area contributed by atoms with Crippen LogP contribution in [-0.4, -0.2) is 0 Å². The van der Waals surface area contributed by atoms with E-state index >= 15 is 0 Å². The maximum atomic E-state index is 13.6. The van der Waals surface area contributed by atoms with Gasteiger partial charge in [0.25, 0.3) is 0 Å². The zero-order chi connectivity index (χ0) is 13.0. The zero-order valence-corrected chi connectivity index (χ0v) is 11.7. The van der Waals surface area contributed by atoms with Gasteiger partial charge in [0.1, 0.15) is 5.82 Å². The molecular formula is C15H15BrFN. The Morgan fingerprint density at radius 2 is 1.94 bits per heavy atom. The van der Waals surface area contributed by atoms with Crippen molar-refractivity contribution in [1.29, 1.82) is 0 Å². The van der Waals surface area contributed by atoms with E-state index in [1.807, 2.05) is 37.3 Å². The summed E-state index contributed by atoms with van der Waals surface area (Å²) < 4.78 is 14.6. The molecule has 94 valence electrons. The number of nitrogens with one attached hydrogen (secondary N) is 1. The van der Waals surface area contributed by atoms with Crippen LogP contribution in [0.1, 0.15) is 24.1 Å². The highest BCUT2D eigenvalue weighted by molar-refractivity contribution is 9.10. The van der Waals surface area contributed by atoms with Crippen LogP contribution in [0, 0.1) is 5.82 Å². The Balaban J connectivity index is 2.00. The lowest BCUT2D eigenvalue weighted by Gasteiger charge is -2.15. The molecule has 0 aliphatic rings. The molecule has 0 saturated heterocycles. The largest absolute Gasteiger partial charge is 0.306 e. The third-order valence-corrected chi connectivity index (χ3v) is 3.37. The molecule has 0 bridgehead atoms. The van der Waals surface area contributed by atoms with Gasteiger partial charge < -0.3 is 5.32 Å². The predicted octanol–water partition coefficient (Wildman–Crippen LogP) is 4.44. The Bertz CT molecular complexity index is 527. The minimum Gasteiger partial charge on any atom is -0.306 e. The average molecular weight is 308 g/mol. The highest BCUT2D eigenvalue weighted by Gasteiger charge is 2.09. The average Bonchev–Trinajstić information content (AvgIpc) is 2.37. The van der Waals surface area contributed by atoms with E-state index in [-0.39, 0.29) is 11.9 Å². The van der Waals surface area contributed by atoms with E-state index in [0.29, 0.717) is 5.56 Å². The van der Waals surface area contributed by atoms with E-state index in [1.165, 1.54) is 11.6 Å². The first-order valence-corrected chi connectivity index (χ1v) is 6.68. The lowest BCUT2D eigenvalue weighted by atomic mass is 10.1. The summed E-state index contributed by atoms with van der Waals surface area (Å²) in [5.41, 5.74) is 1.88. The van der Waals surface area contributed by atoms with Crippen molar-refractivity contribution in [2.75, 3.05) is 0 Å². The van der Waals surface area contributed by atoms with Gasteiger partial charge in [-0.2, -0.15) is 0 Å². The second-order valence-electron chi connectivity index (χ2n) is 4.25. The van der Waals surface area contributed by atoms with Crippen molar-refractivity contribution in [3.8, 4) is 0 Å². The lowest BCUT2D eigenvalue weighted by Crippen LogP contribution is -2.19. The van der Waals surface area contributed by atoms with Crippen molar-refractivity contribution in [1.82, 2.24) is 5.32 Å². The number of rotatable bonds is 4. The smallest absolute Gasteiger partial charge is 0.127 e. The number of hydrogen-bond donors (Lipinski definition) is 1. The Kier molecular flexibility index (Phi) is 4.50. The van der Waals surface area contributed by atoms with Gasteiger partial charge in [0.05, 0.1) is 0 Å². The summed E-state index contributed by atoms with van der Waals surface area (Å²) in [5, 5.41) is 3.32.